The quantitative estimate of drug-likeness (QED) is 0.804. The molecule has 3 heterocycles. The van der Waals surface area contributed by atoms with Gasteiger partial charge in [0.1, 0.15) is 5.69 Å². The number of hydrogen-bond acceptors (Lipinski definition) is 4. The van der Waals surface area contributed by atoms with Crippen LogP contribution in [0.25, 0.3) is 6.08 Å². The van der Waals surface area contributed by atoms with Gasteiger partial charge in [-0.25, -0.2) is 4.98 Å². The predicted octanol–water partition coefficient (Wildman–Crippen LogP) is 3.15. The molecule has 0 aliphatic carbocycles. The Morgan fingerprint density at radius 1 is 0.929 bits per heavy atom. The SMILES string of the molecule is O=C(c1ccc(N2CCN(C/C=C/c3ccccc3)CC2)cn1)N1CCCC1. The first-order chi connectivity index (χ1) is 13.8. The van der Waals surface area contributed by atoms with Crippen molar-refractivity contribution in [1.29, 1.82) is 0 Å². The summed E-state index contributed by atoms with van der Waals surface area (Å²) >= 11 is 0. The van der Waals surface area contributed by atoms with Gasteiger partial charge in [-0.2, -0.15) is 0 Å². The number of rotatable bonds is 5. The van der Waals surface area contributed by atoms with E-state index in [0.717, 1.165) is 64.3 Å². The molecule has 0 bridgehead atoms. The largest absolute Gasteiger partial charge is 0.368 e. The average molecular weight is 377 g/mol. The minimum Gasteiger partial charge on any atom is -0.368 e. The van der Waals surface area contributed by atoms with Crippen molar-refractivity contribution in [3.05, 3.63) is 66.0 Å². The first kappa shape index (κ1) is 18.7. The molecule has 2 fully saturated rings. The zero-order valence-corrected chi connectivity index (χ0v) is 16.3. The third-order valence-electron chi connectivity index (χ3n) is 5.57. The van der Waals surface area contributed by atoms with Gasteiger partial charge < -0.3 is 9.80 Å². The van der Waals surface area contributed by atoms with Crippen LogP contribution in [0.2, 0.25) is 0 Å². The predicted molar refractivity (Wildman–Crippen MR) is 114 cm³/mol. The molecule has 2 aliphatic rings. The van der Waals surface area contributed by atoms with Crippen molar-refractivity contribution >= 4 is 17.7 Å². The van der Waals surface area contributed by atoms with Crippen LogP contribution in [0.1, 0.15) is 28.9 Å². The van der Waals surface area contributed by atoms with Crippen LogP contribution >= 0.6 is 0 Å². The second-order valence-electron chi connectivity index (χ2n) is 7.50. The van der Waals surface area contributed by atoms with Crippen LogP contribution in [0, 0.1) is 0 Å². The van der Waals surface area contributed by atoms with Crippen LogP contribution in [-0.2, 0) is 0 Å². The Hall–Kier alpha value is -2.66. The van der Waals surface area contributed by atoms with Gasteiger partial charge in [-0.1, -0.05) is 42.5 Å². The number of anilines is 1. The Morgan fingerprint density at radius 2 is 1.68 bits per heavy atom. The number of amides is 1. The minimum absolute atomic E-state index is 0.0686. The van der Waals surface area contributed by atoms with E-state index >= 15 is 0 Å². The molecule has 2 saturated heterocycles. The van der Waals surface area contributed by atoms with Gasteiger partial charge in [-0.3, -0.25) is 9.69 Å². The highest BCUT2D eigenvalue weighted by Crippen LogP contribution is 2.18. The maximum atomic E-state index is 12.4. The van der Waals surface area contributed by atoms with Gasteiger partial charge in [0.2, 0.25) is 0 Å². The lowest BCUT2D eigenvalue weighted by molar-refractivity contribution is 0.0787. The average Bonchev–Trinajstić information content (AvgIpc) is 3.30. The summed E-state index contributed by atoms with van der Waals surface area (Å²) in [6.45, 7) is 6.75. The van der Waals surface area contributed by atoms with Gasteiger partial charge in [0.25, 0.3) is 5.91 Å². The summed E-state index contributed by atoms with van der Waals surface area (Å²) in [7, 11) is 0. The number of likely N-dealkylation sites (tertiary alicyclic amines) is 1. The summed E-state index contributed by atoms with van der Waals surface area (Å²) in [5, 5.41) is 0. The zero-order valence-electron chi connectivity index (χ0n) is 16.3. The van der Waals surface area contributed by atoms with E-state index in [9.17, 15) is 4.79 Å². The van der Waals surface area contributed by atoms with E-state index in [0.29, 0.717) is 5.69 Å². The van der Waals surface area contributed by atoms with Crippen LogP contribution in [-0.4, -0.2) is 66.5 Å². The lowest BCUT2D eigenvalue weighted by Crippen LogP contribution is -2.46. The van der Waals surface area contributed by atoms with E-state index in [1.165, 1.54) is 5.56 Å². The van der Waals surface area contributed by atoms with Crippen molar-refractivity contribution in [2.75, 3.05) is 50.7 Å². The van der Waals surface area contributed by atoms with E-state index in [4.69, 9.17) is 0 Å². The Balaban J connectivity index is 1.26. The molecule has 5 nitrogen and oxygen atoms in total. The molecule has 146 valence electrons. The van der Waals surface area contributed by atoms with Crippen LogP contribution in [0.3, 0.4) is 0 Å². The summed E-state index contributed by atoms with van der Waals surface area (Å²) in [6, 6.07) is 14.3. The van der Waals surface area contributed by atoms with Gasteiger partial charge in [-0.15, -0.1) is 0 Å². The molecule has 0 atom stereocenters. The Kier molecular flexibility index (Phi) is 6.02. The standard InChI is InChI=1S/C23H28N4O/c28-23(27-13-4-5-14-27)22-11-10-21(19-24-22)26-17-15-25(16-18-26)12-6-9-20-7-2-1-3-8-20/h1-3,6-11,19H,4-5,12-18H2/b9-6+. The molecule has 1 aromatic carbocycles. The van der Waals surface area contributed by atoms with Crippen molar-refractivity contribution in [2.24, 2.45) is 0 Å². The molecule has 0 saturated carbocycles. The van der Waals surface area contributed by atoms with Gasteiger partial charge in [0.05, 0.1) is 11.9 Å². The smallest absolute Gasteiger partial charge is 0.272 e. The van der Waals surface area contributed by atoms with Crippen LogP contribution < -0.4 is 4.90 Å². The molecule has 0 radical (unpaired) electrons. The van der Waals surface area contributed by atoms with E-state index in [2.05, 4.69) is 51.2 Å². The van der Waals surface area contributed by atoms with Crippen molar-refractivity contribution < 1.29 is 4.79 Å². The Morgan fingerprint density at radius 3 is 2.36 bits per heavy atom. The molecule has 4 rings (SSSR count). The Bertz CT molecular complexity index is 789. The van der Waals surface area contributed by atoms with Gasteiger partial charge >= 0.3 is 0 Å². The third-order valence-corrected chi connectivity index (χ3v) is 5.57. The molecule has 0 N–H and O–H groups in total. The lowest BCUT2D eigenvalue weighted by Gasteiger charge is -2.35. The zero-order chi connectivity index (χ0) is 19.2. The van der Waals surface area contributed by atoms with Gasteiger partial charge in [0, 0.05) is 45.8 Å². The molecule has 1 amide bonds. The maximum Gasteiger partial charge on any atom is 0.272 e. The van der Waals surface area contributed by atoms with Crippen LogP contribution in [0.4, 0.5) is 5.69 Å². The topological polar surface area (TPSA) is 39.7 Å². The van der Waals surface area contributed by atoms with Crippen LogP contribution in [0.5, 0.6) is 0 Å². The molecule has 28 heavy (non-hydrogen) atoms. The molecular formula is C23H28N4O. The highest BCUT2D eigenvalue weighted by atomic mass is 16.2. The van der Waals surface area contributed by atoms with Crippen molar-refractivity contribution in [2.45, 2.75) is 12.8 Å². The van der Waals surface area contributed by atoms with Gasteiger partial charge in [-0.05, 0) is 30.5 Å². The fourth-order valence-electron chi connectivity index (χ4n) is 3.87. The number of carbonyl (C=O) groups excluding carboxylic acids is 1. The summed E-state index contributed by atoms with van der Waals surface area (Å²) in [6.07, 6.45) is 8.50. The highest BCUT2D eigenvalue weighted by molar-refractivity contribution is 5.92. The molecule has 2 aliphatic heterocycles. The summed E-state index contributed by atoms with van der Waals surface area (Å²) in [5.41, 5.74) is 2.92. The monoisotopic (exact) mass is 376 g/mol. The first-order valence-electron chi connectivity index (χ1n) is 10.2. The van der Waals surface area contributed by atoms with E-state index in [1.807, 2.05) is 29.3 Å². The first-order valence-corrected chi connectivity index (χ1v) is 10.2. The van der Waals surface area contributed by atoms with E-state index in [-0.39, 0.29) is 5.91 Å². The van der Waals surface area contributed by atoms with Crippen molar-refractivity contribution in [3.63, 3.8) is 0 Å². The maximum absolute atomic E-state index is 12.4. The summed E-state index contributed by atoms with van der Waals surface area (Å²) in [5.74, 6) is 0.0686. The molecule has 1 aromatic heterocycles. The van der Waals surface area contributed by atoms with Crippen molar-refractivity contribution in [3.8, 4) is 0 Å². The molecule has 0 spiro atoms. The fraction of sp³-hybridized carbons (Fsp3) is 0.391. The second kappa shape index (κ2) is 9.02. The van der Waals surface area contributed by atoms with E-state index in [1.54, 1.807) is 0 Å². The van der Waals surface area contributed by atoms with Crippen molar-refractivity contribution in [1.82, 2.24) is 14.8 Å². The number of nitrogens with zero attached hydrogens (tertiary/aromatic N) is 4. The minimum atomic E-state index is 0.0686. The summed E-state index contributed by atoms with van der Waals surface area (Å²) < 4.78 is 0. The Labute approximate surface area is 167 Å². The molecule has 0 unspecified atom stereocenters. The number of aromatic nitrogens is 1. The number of piperazine rings is 1. The number of pyridine rings is 1. The molecule has 2 aromatic rings. The fourth-order valence-corrected chi connectivity index (χ4v) is 3.87. The third kappa shape index (κ3) is 4.60. The van der Waals surface area contributed by atoms with Crippen LogP contribution in [0.15, 0.2) is 54.7 Å². The summed E-state index contributed by atoms with van der Waals surface area (Å²) in [4.78, 5) is 23.6. The molecular weight excluding hydrogens is 348 g/mol. The molecule has 5 heteroatoms. The number of hydrogen-bond donors (Lipinski definition) is 0. The highest BCUT2D eigenvalue weighted by Gasteiger charge is 2.21. The van der Waals surface area contributed by atoms with E-state index < -0.39 is 0 Å². The number of carbonyl (C=O) groups is 1. The van der Waals surface area contributed by atoms with Gasteiger partial charge in [0.15, 0.2) is 0 Å². The second-order valence-corrected chi connectivity index (χ2v) is 7.50. The lowest BCUT2D eigenvalue weighted by atomic mass is 10.2. The number of benzene rings is 1. The normalized spacial score (nSPS) is 18.1.